The molecule has 1 heterocycles. The van der Waals surface area contributed by atoms with Crippen LogP contribution in [0, 0.1) is 23.1 Å². The van der Waals surface area contributed by atoms with Gasteiger partial charge in [0.25, 0.3) is 0 Å². The molecule has 1 aromatic rings. The van der Waals surface area contributed by atoms with E-state index in [1.165, 1.54) is 18.2 Å². The summed E-state index contributed by atoms with van der Waals surface area (Å²) in [5.74, 6) is -0.647. The van der Waals surface area contributed by atoms with Crippen LogP contribution in [-0.4, -0.2) is 19.0 Å². The summed E-state index contributed by atoms with van der Waals surface area (Å²) in [5, 5.41) is 14.6. The molecule has 5 heteroatoms. The predicted molar refractivity (Wildman–Crippen MR) is 65.3 cm³/mol. The number of anilines is 1. The number of piperidine rings is 1. The number of amides is 1. The van der Waals surface area contributed by atoms with E-state index in [1.807, 2.05) is 0 Å². The third kappa shape index (κ3) is 2.84. The van der Waals surface area contributed by atoms with Crippen LogP contribution in [0.25, 0.3) is 0 Å². The van der Waals surface area contributed by atoms with Crippen LogP contribution in [-0.2, 0) is 4.79 Å². The van der Waals surface area contributed by atoms with Crippen LogP contribution in [0.5, 0.6) is 0 Å². The van der Waals surface area contributed by atoms with Crippen LogP contribution in [0.2, 0.25) is 0 Å². The minimum Gasteiger partial charge on any atom is -0.326 e. The third-order valence-corrected chi connectivity index (χ3v) is 3.06. The summed E-state index contributed by atoms with van der Waals surface area (Å²) < 4.78 is 13.1. The highest BCUT2D eigenvalue weighted by Gasteiger charge is 2.20. The predicted octanol–water partition coefficient (Wildman–Crippen LogP) is 1.64. The van der Waals surface area contributed by atoms with E-state index in [0.717, 1.165) is 25.9 Å². The van der Waals surface area contributed by atoms with Gasteiger partial charge in [0.15, 0.2) is 0 Å². The van der Waals surface area contributed by atoms with Gasteiger partial charge in [-0.15, -0.1) is 0 Å². The van der Waals surface area contributed by atoms with E-state index < -0.39 is 5.82 Å². The van der Waals surface area contributed by atoms with Gasteiger partial charge in [-0.2, -0.15) is 5.26 Å². The van der Waals surface area contributed by atoms with Gasteiger partial charge in [0.05, 0.1) is 5.56 Å². The summed E-state index contributed by atoms with van der Waals surface area (Å²) >= 11 is 0. The lowest BCUT2D eigenvalue weighted by Crippen LogP contribution is -2.34. The maximum atomic E-state index is 13.1. The molecule has 1 saturated heterocycles. The van der Waals surface area contributed by atoms with Crippen molar-refractivity contribution in [3.05, 3.63) is 29.6 Å². The first kappa shape index (κ1) is 12.5. The lowest BCUT2D eigenvalue weighted by atomic mass is 9.97. The average molecular weight is 247 g/mol. The number of hydrogen-bond donors (Lipinski definition) is 2. The molecule has 0 spiro atoms. The second-order valence-corrected chi connectivity index (χ2v) is 4.32. The number of carbonyl (C=O) groups is 1. The molecule has 2 N–H and O–H groups in total. The van der Waals surface area contributed by atoms with Crippen molar-refractivity contribution in [2.75, 3.05) is 18.4 Å². The summed E-state index contributed by atoms with van der Waals surface area (Å²) in [7, 11) is 0. The third-order valence-electron chi connectivity index (χ3n) is 3.06. The van der Waals surface area contributed by atoms with Crippen molar-refractivity contribution in [3.63, 3.8) is 0 Å². The summed E-state index contributed by atoms with van der Waals surface area (Å²) in [6.45, 7) is 1.68. The molecule has 0 bridgehead atoms. The normalized spacial score (nSPS) is 16.0. The number of rotatable bonds is 2. The number of carbonyl (C=O) groups excluding carboxylic acids is 1. The fourth-order valence-electron chi connectivity index (χ4n) is 2.02. The molecule has 1 aromatic carbocycles. The van der Waals surface area contributed by atoms with Crippen molar-refractivity contribution < 1.29 is 9.18 Å². The lowest BCUT2D eigenvalue weighted by molar-refractivity contribution is -0.120. The standard InChI is InChI=1S/C13H14FN3O/c14-12-2-1-11(7-10(12)8-15)17-13(18)9-3-5-16-6-4-9/h1-2,7,9,16H,3-6H2,(H,17,18). The van der Waals surface area contributed by atoms with E-state index in [1.54, 1.807) is 6.07 Å². The van der Waals surface area contributed by atoms with Crippen LogP contribution in [0.4, 0.5) is 10.1 Å². The Bertz CT molecular complexity index is 489. The van der Waals surface area contributed by atoms with E-state index in [9.17, 15) is 9.18 Å². The number of hydrogen-bond acceptors (Lipinski definition) is 3. The Morgan fingerprint density at radius 1 is 1.44 bits per heavy atom. The molecule has 1 fully saturated rings. The van der Waals surface area contributed by atoms with Crippen LogP contribution in [0.3, 0.4) is 0 Å². The Morgan fingerprint density at radius 2 is 2.17 bits per heavy atom. The molecule has 1 aliphatic heterocycles. The molecule has 2 rings (SSSR count). The maximum absolute atomic E-state index is 13.1. The summed E-state index contributed by atoms with van der Waals surface area (Å²) in [6, 6.07) is 5.77. The van der Waals surface area contributed by atoms with E-state index in [0.29, 0.717) is 5.69 Å². The fourth-order valence-corrected chi connectivity index (χ4v) is 2.02. The zero-order valence-corrected chi connectivity index (χ0v) is 9.87. The molecule has 94 valence electrons. The molecule has 0 aromatic heterocycles. The van der Waals surface area contributed by atoms with E-state index >= 15 is 0 Å². The topological polar surface area (TPSA) is 64.9 Å². The SMILES string of the molecule is N#Cc1cc(NC(=O)C2CCNCC2)ccc1F. The minimum absolute atomic E-state index is 0.0122. The van der Waals surface area contributed by atoms with Gasteiger partial charge in [-0.1, -0.05) is 0 Å². The van der Waals surface area contributed by atoms with Gasteiger partial charge in [-0.25, -0.2) is 4.39 Å². The highest BCUT2D eigenvalue weighted by atomic mass is 19.1. The van der Waals surface area contributed by atoms with Gasteiger partial charge in [0, 0.05) is 11.6 Å². The smallest absolute Gasteiger partial charge is 0.227 e. The zero-order valence-electron chi connectivity index (χ0n) is 9.87. The minimum atomic E-state index is -0.572. The Labute approximate surface area is 105 Å². The number of halogens is 1. The fraction of sp³-hybridized carbons (Fsp3) is 0.385. The van der Waals surface area contributed by atoms with Crippen molar-refractivity contribution in [2.24, 2.45) is 5.92 Å². The number of nitrogens with one attached hydrogen (secondary N) is 2. The monoisotopic (exact) mass is 247 g/mol. The van der Waals surface area contributed by atoms with Crippen LogP contribution in [0.1, 0.15) is 18.4 Å². The van der Waals surface area contributed by atoms with Crippen molar-refractivity contribution in [2.45, 2.75) is 12.8 Å². The first-order valence-corrected chi connectivity index (χ1v) is 5.92. The number of benzene rings is 1. The van der Waals surface area contributed by atoms with Gasteiger partial charge in [0.2, 0.25) is 5.91 Å². The van der Waals surface area contributed by atoms with Gasteiger partial charge in [0.1, 0.15) is 11.9 Å². The average Bonchev–Trinajstić information content (AvgIpc) is 2.42. The van der Waals surface area contributed by atoms with E-state index in [2.05, 4.69) is 10.6 Å². The van der Waals surface area contributed by atoms with Crippen molar-refractivity contribution in [1.82, 2.24) is 5.32 Å². The van der Waals surface area contributed by atoms with Gasteiger partial charge in [-0.05, 0) is 44.1 Å². The zero-order chi connectivity index (χ0) is 13.0. The first-order chi connectivity index (χ1) is 8.70. The highest BCUT2D eigenvalue weighted by Crippen LogP contribution is 2.17. The summed E-state index contributed by atoms with van der Waals surface area (Å²) in [6.07, 6.45) is 1.61. The largest absolute Gasteiger partial charge is 0.326 e. The maximum Gasteiger partial charge on any atom is 0.227 e. The Balaban J connectivity index is 2.05. The molecular formula is C13H14FN3O. The second kappa shape index (κ2) is 5.61. The van der Waals surface area contributed by atoms with Crippen LogP contribution < -0.4 is 10.6 Å². The molecule has 0 unspecified atom stereocenters. The molecule has 0 radical (unpaired) electrons. The highest BCUT2D eigenvalue weighted by molar-refractivity contribution is 5.92. The molecule has 0 saturated carbocycles. The Kier molecular flexibility index (Phi) is 3.90. The van der Waals surface area contributed by atoms with E-state index in [-0.39, 0.29) is 17.4 Å². The van der Waals surface area contributed by atoms with Crippen LogP contribution in [0.15, 0.2) is 18.2 Å². The Morgan fingerprint density at radius 3 is 2.83 bits per heavy atom. The summed E-state index contributed by atoms with van der Waals surface area (Å²) in [5.41, 5.74) is 0.412. The summed E-state index contributed by atoms with van der Waals surface area (Å²) in [4.78, 5) is 11.9. The molecule has 18 heavy (non-hydrogen) atoms. The second-order valence-electron chi connectivity index (χ2n) is 4.32. The quantitative estimate of drug-likeness (QED) is 0.835. The first-order valence-electron chi connectivity index (χ1n) is 5.92. The molecule has 0 atom stereocenters. The Hall–Kier alpha value is -1.93. The van der Waals surface area contributed by atoms with Crippen LogP contribution >= 0.6 is 0 Å². The van der Waals surface area contributed by atoms with Crippen molar-refractivity contribution in [1.29, 1.82) is 5.26 Å². The van der Waals surface area contributed by atoms with Gasteiger partial charge in [-0.3, -0.25) is 4.79 Å². The van der Waals surface area contributed by atoms with Crippen molar-refractivity contribution in [3.8, 4) is 6.07 Å². The lowest BCUT2D eigenvalue weighted by Gasteiger charge is -2.21. The molecular weight excluding hydrogens is 233 g/mol. The van der Waals surface area contributed by atoms with E-state index in [4.69, 9.17) is 5.26 Å². The number of nitrogens with zero attached hydrogens (tertiary/aromatic N) is 1. The molecule has 0 aliphatic carbocycles. The molecule has 4 nitrogen and oxygen atoms in total. The van der Waals surface area contributed by atoms with Gasteiger partial charge >= 0.3 is 0 Å². The molecule has 1 aliphatic rings. The van der Waals surface area contributed by atoms with Crippen molar-refractivity contribution >= 4 is 11.6 Å². The molecule has 1 amide bonds. The van der Waals surface area contributed by atoms with Gasteiger partial charge < -0.3 is 10.6 Å². The number of nitriles is 1.